The van der Waals surface area contributed by atoms with Crippen molar-refractivity contribution in [2.24, 2.45) is 0 Å². The van der Waals surface area contributed by atoms with E-state index in [-0.39, 0.29) is 17.4 Å². The highest BCUT2D eigenvalue weighted by molar-refractivity contribution is 5.91. The van der Waals surface area contributed by atoms with Crippen molar-refractivity contribution in [3.63, 3.8) is 0 Å². The Bertz CT molecular complexity index is 933. The number of nitrogens with one attached hydrogen (secondary N) is 2. The second-order valence-corrected chi connectivity index (χ2v) is 9.49. The van der Waals surface area contributed by atoms with E-state index < -0.39 is 0 Å². The molecule has 0 atom stereocenters. The quantitative estimate of drug-likeness (QED) is 0.497. The number of methoxy groups -OCH3 is 1. The van der Waals surface area contributed by atoms with E-state index in [9.17, 15) is 9.59 Å². The van der Waals surface area contributed by atoms with E-state index in [2.05, 4.69) is 62.6 Å². The van der Waals surface area contributed by atoms with Crippen molar-refractivity contribution in [2.45, 2.75) is 70.6 Å². The normalized spacial score (nSPS) is 15.1. The molecule has 0 radical (unpaired) electrons. The minimum atomic E-state index is -0.336. The first-order valence-corrected chi connectivity index (χ1v) is 11.6. The Morgan fingerprint density at radius 1 is 0.969 bits per heavy atom. The minimum absolute atomic E-state index is 0.167. The molecule has 5 heteroatoms. The van der Waals surface area contributed by atoms with E-state index in [1.165, 1.54) is 7.11 Å². The fraction of sp³-hybridized carbons (Fsp3) is 0.481. The molecule has 1 aliphatic carbocycles. The topological polar surface area (TPSA) is 67.4 Å². The highest BCUT2D eigenvalue weighted by atomic mass is 16.5. The maximum absolute atomic E-state index is 13.0. The van der Waals surface area contributed by atoms with E-state index in [4.69, 9.17) is 4.74 Å². The number of esters is 1. The molecule has 0 heterocycles. The summed E-state index contributed by atoms with van der Waals surface area (Å²) < 4.78 is 4.89. The molecule has 0 aliphatic heterocycles. The number of amides is 2. The molecule has 32 heavy (non-hydrogen) atoms. The van der Waals surface area contributed by atoms with Crippen LogP contribution in [0.25, 0.3) is 0 Å². The Labute approximate surface area is 191 Å². The molecule has 0 bridgehead atoms. The van der Waals surface area contributed by atoms with Gasteiger partial charge in [-0.15, -0.1) is 0 Å². The number of hydrogen-bond acceptors (Lipinski definition) is 3. The predicted octanol–water partition coefficient (Wildman–Crippen LogP) is 6.35. The van der Waals surface area contributed by atoms with E-state index >= 15 is 0 Å². The Morgan fingerprint density at radius 2 is 1.56 bits per heavy atom. The zero-order chi connectivity index (χ0) is 23.3. The lowest BCUT2D eigenvalue weighted by Crippen LogP contribution is -2.41. The summed E-state index contributed by atoms with van der Waals surface area (Å²) in [5.41, 5.74) is 4.68. The first kappa shape index (κ1) is 23.8. The van der Waals surface area contributed by atoms with Crippen molar-refractivity contribution < 1.29 is 14.3 Å². The number of para-hydroxylation sites is 1. The fourth-order valence-electron chi connectivity index (χ4n) is 4.82. The highest BCUT2D eigenvalue weighted by Crippen LogP contribution is 2.41. The molecule has 172 valence electrons. The SMILES string of the molecule is COC(=O)c1cccc(C2(CNC(=O)Nc3c(C(C)C)cccc3C(C)C)CCCC2)c1. The second-order valence-electron chi connectivity index (χ2n) is 9.49. The zero-order valence-electron chi connectivity index (χ0n) is 20.0. The van der Waals surface area contributed by atoms with Gasteiger partial charge in [0.25, 0.3) is 0 Å². The van der Waals surface area contributed by atoms with Crippen LogP contribution in [0.2, 0.25) is 0 Å². The summed E-state index contributed by atoms with van der Waals surface area (Å²) in [5.74, 6) is 0.287. The van der Waals surface area contributed by atoms with Gasteiger partial charge in [-0.3, -0.25) is 0 Å². The van der Waals surface area contributed by atoms with E-state index in [0.29, 0.717) is 23.9 Å². The second kappa shape index (κ2) is 10.2. The summed E-state index contributed by atoms with van der Waals surface area (Å²) in [6.45, 7) is 9.10. The molecule has 2 amide bonds. The first-order valence-electron chi connectivity index (χ1n) is 11.6. The van der Waals surface area contributed by atoms with Gasteiger partial charge < -0.3 is 15.4 Å². The maximum Gasteiger partial charge on any atom is 0.337 e. The lowest BCUT2D eigenvalue weighted by atomic mass is 9.78. The fourth-order valence-corrected chi connectivity index (χ4v) is 4.82. The molecule has 1 saturated carbocycles. The lowest BCUT2D eigenvalue weighted by molar-refractivity contribution is 0.0600. The van der Waals surface area contributed by atoms with Gasteiger partial charge in [0.2, 0.25) is 0 Å². The van der Waals surface area contributed by atoms with Crippen molar-refractivity contribution in [3.05, 3.63) is 64.7 Å². The standard InChI is InChI=1S/C27H36N2O3/c1-18(2)22-12-9-13-23(19(3)4)24(22)29-26(31)28-17-27(14-6-7-15-27)21-11-8-10-20(16-21)25(30)32-5/h8-13,16,18-19H,6-7,14-15,17H2,1-5H3,(H2,28,29,31). The van der Waals surface area contributed by atoms with Crippen molar-refractivity contribution in [1.29, 1.82) is 0 Å². The van der Waals surface area contributed by atoms with Crippen LogP contribution in [0, 0.1) is 0 Å². The maximum atomic E-state index is 13.0. The number of carbonyl (C=O) groups is 2. The average Bonchev–Trinajstić information content (AvgIpc) is 3.27. The number of benzene rings is 2. The summed E-state index contributed by atoms with van der Waals surface area (Å²) in [7, 11) is 1.40. The van der Waals surface area contributed by atoms with Crippen molar-refractivity contribution in [1.82, 2.24) is 5.32 Å². The van der Waals surface area contributed by atoms with Crippen LogP contribution >= 0.6 is 0 Å². The van der Waals surface area contributed by atoms with Crippen molar-refractivity contribution in [2.75, 3.05) is 19.0 Å². The van der Waals surface area contributed by atoms with Gasteiger partial charge in [0.1, 0.15) is 0 Å². The molecular weight excluding hydrogens is 400 g/mol. The lowest BCUT2D eigenvalue weighted by Gasteiger charge is -2.30. The smallest absolute Gasteiger partial charge is 0.337 e. The van der Waals surface area contributed by atoms with Crippen molar-refractivity contribution in [3.8, 4) is 0 Å². The molecule has 5 nitrogen and oxygen atoms in total. The van der Waals surface area contributed by atoms with E-state index in [1.54, 1.807) is 6.07 Å². The molecule has 1 aliphatic rings. The van der Waals surface area contributed by atoms with Crippen LogP contribution in [0.1, 0.15) is 92.3 Å². The van der Waals surface area contributed by atoms with Crippen LogP contribution in [0.5, 0.6) is 0 Å². The summed E-state index contributed by atoms with van der Waals surface area (Å²) in [4.78, 5) is 25.0. The molecule has 1 fully saturated rings. The van der Waals surface area contributed by atoms with Crippen LogP contribution in [0.4, 0.5) is 10.5 Å². The number of rotatable bonds is 7. The van der Waals surface area contributed by atoms with Gasteiger partial charge in [-0.1, -0.05) is 70.9 Å². The van der Waals surface area contributed by atoms with Crippen molar-refractivity contribution >= 4 is 17.7 Å². The number of anilines is 1. The third-order valence-corrected chi connectivity index (χ3v) is 6.66. The van der Waals surface area contributed by atoms with Crippen LogP contribution in [-0.2, 0) is 10.2 Å². The predicted molar refractivity (Wildman–Crippen MR) is 130 cm³/mol. The molecule has 0 aromatic heterocycles. The third kappa shape index (κ3) is 5.14. The number of urea groups is 1. The summed E-state index contributed by atoms with van der Waals surface area (Å²) in [6.07, 6.45) is 4.19. The molecule has 0 spiro atoms. The van der Waals surface area contributed by atoms with Gasteiger partial charge in [0, 0.05) is 17.6 Å². The van der Waals surface area contributed by atoms with Gasteiger partial charge in [0.05, 0.1) is 12.7 Å². The van der Waals surface area contributed by atoms with Crippen LogP contribution in [0.3, 0.4) is 0 Å². The number of carbonyl (C=O) groups excluding carboxylic acids is 2. The van der Waals surface area contributed by atoms with Gasteiger partial charge >= 0.3 is 12.0 Å². The molecule has 2 aromatic rings. The van der Waals surface area contributed by atoms with Crippen LogP contribution < -0.4 is 10.6 Å². The van der Waals surface area contributed by atoms with Crippen LogP contribution in [-0.4, -0.2) is 25.7 Å². The number of hydrogen-bond donors (Lipinski definition) is 2. The molecule has 0 saturated heterocycles. The molecule has 0 unspecified atom stereocenters. The van der Waals surface area contributed by atoms with Gasteiger partial charge in [-0.25, -0.2) is 9.59 Å². The largest absolute Gasteiger partial charge is 0.465 e. The molecule has 2 N–H and O–H groups in total. The molecular formula is C27H36N2O3. The number of ether oxygens (including phenoxy) is 1. The average molecular weight is 437 g/mol. The highest BCUT2D eigenvalue weighted by Gasteiger charge is 2.36. The van der Waals surface area contributed by atoms with Crippen LogP contribution in [0.15, 0.2) is 42.5 Å². The third-order valence-electron chi connectivity index (χ3n) is 6.66. The van der Waals surface area contributed by atoms with Gasteiger partial charge in [-0.2, -0.15) is 0 Å². The minimum Gasteiger partial charge on any atom is -0.465 e. The summed E-state index contributed by atoms with van der Waals surface area (Å²) in [5, 5.41) is 6.29. The molecule has 2 aromatic carbocycles. The Hall–Kier alpha value is -2.82. The Morgan fingerprint density at radius 3 is 2.12 bits per heavy atom. The van der Waals surface area contributed by atoms with E-state index in [1.807, 2.05) is 12.1 Å². The summed E-state index contributed by atoms with van der Waals surface area (Å²) in [6, 6.07) is 13.7. The van der Waals surface area contributed by atoms with Gasteiger partial charge in [0.15, 0.2) is 0 Å². The molecule has 3 rings (SSSR count). The first-order chi connectivity index (χ1) is 15.3. The van der Waals surface area contributed by atoms with Gasteiger partial charge in [-0.05, 0) is 53.5 Å². The monoisotopic (exact) mass is 436 g/mol. The zero-order valence-corrected chi connectivity index (χ0v) is 20.0. The Kier molecular flexibility index (Phi) is 7.60. The summed E-state index contributed by atoms with van der Waals surface area (Å²) >= 11 is 0. The Balaban J connectivity index is 1.80. The van der Waals surface area contributed by atoms with E-state index in [0.717, 1.165) is 48.1 Å².